The Bertz CT molecular complexity index is 535. The number of hydrogen-bond donors (Lipinski definition) is 1. The van der Waals surface area contributed by atoms with Gasteiger partial charge in [-0.05, 0) is 24.5 Å². The number of benzene rings is 1. The van der Waals surface area contributed by atoms with Crippen LogP contribution in [0, 0.1) is 17.0 Å². The van der Waals surface area contributed by atoms with Crippen molar-refractivity contribution in [3.05, 3.63) is 29.8 Å². The van der Waals surface area contributed by atoms with Gasteiger partial charge < -0.3 is 0 Å². The van der Waals surface area contributed by atoms with Crippen molar-refractivity contribution in [2.75, 3.05) is 0 Å². The fraction of sp³-hybridized carbons (Fsp3) is 0.500. The summed E-state index contributed by atoms with van der Waals surface area (Å²) in [5.74, 6) is -1.90. The van der Waals surface area contributed by atoms with Crippen molar-refractivity contribution in [3.63, 3.8) is 0 Å². The predicted molar refractivity (Wildman–Crippen MR) is 65.6 cm³/mol. The monoisotopic (exact) mass is 277 g/mol. The molecular formula is C12H17F2NO2S. The van der Waals surface area contributed by atoms with E-state index in [2.05, 4.69) is 4.72 Å². The molecule has 0 spiro atoms. The smallest absolute Gasteiger partial charge is 0.208 e. The molecule has 0 saturated heterocycles. The summed E-state index contributed by atoms with van der Waals surface area (Å²) in [5.41, 5.74) is -0.302. The van der Waals surface area contributed by atoms with Crippen LogP contribution in [0.5, 0.6) is 0 Å². The summed E-state index contributed by atoms with van der Waals surface area (Å²) in [6.45, 7) is 7.28. The van der Waals surface area contributed by atoms with E-state index in [0.29, 0.717) is 6.07 Å². The van der Waals surface area contributed by atoms with Gasteiger partial charge in [0.15, 0.2) is 0 Å². The fourth-order valence-electron chi connectivity index (χ4n) is 1.17. The first-order valence-electron chi connectivity index (χ1n) is 5.51. The quantitative estimate of drug-likeness (QED) is 0.923. The van der Waals surface area contributed by atoms with Gasteiger partial charge >= 0.3 is 0 Å². The number of nitrogens with one attached hydrogen (secondary N) is 1. The molecule has 1 unspecified atom stereocenters. The number of sulfonamides is 1. The Kier molecular flexibility index (Phi) is 4.12. The van der Waals surface area contributed by atoms with E-state index in [1.54, 1.807) is 6.92 Å². The van der Waals surface area contributed by atoms with E-state index in [0.717, 1.165) is 12.1 Å². The van der Waals surface area contributed by atoms with Gasteiger partial charge in [-0.1, -0.05) is 20.8 Å². The normalized spacial score (nSPS) is 14.6. The van der Waals surface area contributed by atoms with Crippen molar-refractivity contribution in [1.29, 1.82) is 0 Å². The zero-order valence-corrected chi connectivity index (χ0v) is 11.6. The summed E-state index contributed by atoms with van der Waals surface area (Å²) >= 11 is 0. The molecule has 0 aliphatic heterocycles. The van der Waals surface area contributed by atoms with Crippen molar-refractivity contribution >= 4 is 10.0 Å². The summed E-state index contributed by atoms with van der Waals surface area (Å²) in [5, 5.41) is 0. The molecule has 3 nitrogen and oxygen atoms in total. The highest BCUT2D eigenvalue weighted by molar-refractivity contribution is 7.89. The van der Waals surface area contributed by atoms with E-state index in [9.17, 15) is 17.2 Å². The van der Waals surface area contributed by atoms with Gasteiger partial charge in [0, 0.05) is 12.1 Å². The second-order valence-electron chi connectivity index (χ2n) is 5.28. The lowest BCUT2D eigenvalue weighted by Crippen LogP contribution is -2.41. The molecule has 0 aliphatic rings. The third-order valence-corrected chi connectivity index (χ3v) is 4.39. The highest BCUT2D eigenvalue weighted by atomic mass is 32.2. The number of rotatable bonds is 3. The molecule has 1 aromatic rings. The standard InChI is InChI=1S/C12H17F2NO2S/c1-8(12(2,3)4)15-18(16,17)11-6-5-9(13)7-10(11)14/h5-8,15H,1-4H3. The summed E-state index contributed by atoms with van der Waals surface area (Å²) < 4.78 is 52.4. The Morgan fingerprint density at radius 3 is 2.22 bits per heavy atom. The minimum atomic E-state index is -3.98. The first-order valence-corrected chi connectivity index (χ1v) is 7.00. The van der Waals surface area contributed by atoms with Crippen molar-refractivity contribution in [2.24, 2.45) is 5.41 Å². The van der Waals surface area contributed by atoms with Gasteiger partial charge in [0.1, 0.15) is 16.5 Å². The van der Waals surface area contributed by atoms with E-state index in [1.165, 1.54) is 0 Å². The van der Waals surface area contributed by atoms with E-state index in [1.807, 2.05) is 20.8 Å². The topological polar surface area (TPSA) is 46.2 Å². The van der Waals surface area contributed by atoms with Crippen molar-refractivity contribution in [3.8, 4) is 0 Å². The summed E-state index contributed by atoms with van der Waals surface area (Å²) in [6.07, 6.45) is 0. The zero-order valence-electron chi connectivity index (χ0n) is 10.8. The van der Waals surface area contributed by atoms with Gasteiger partial charge in [-0.2, -0.15) is 0 Å². The van der Waals surface area contributed by atoms with Gasteiger partial charge in [-0.25, -0.2) is 21.9 Å². The van der Waals surface area contributed by atoms with Crippen molar-refractivity contribution in [1.82, 2.24) is 4.72 Å². The van der Waals surface area contributed by atoms with Crippen LogP contribution in [0.4, 0.5) is 8.78 Å². The molecule has 0 radical (unpaired) electrons. The largest absolute Gasteiger partial charge is 0.243 e. The van der Waals surface area contributed by atoms with Gasteiger partial charge in [0.25, 0.3) is 0 Å². The molecular weight excluding hydrogens is 260 g/mol. The van der Waals surface area contributed by atoms with Crippen LogP contribution in [-0.4, -0.2) is 14.5 Å². The predicted octanol–water partition coefficient (Wildman–Crippen LogP) is 2.68. The van der Waals surface area contributed by atoms with Crippen LogP contribution in [0.3, 0.4) is 0 Å². The van der Waals surface area contributed by atoms with E-state index >= 15 is 0 Å². The third kappa shape index (κ3) is 3.49. The number of hydrogen-bond acceptors (Lipinski definition) is 2. The maximum Gasteiger partial charge on any atom is 0.243 e. The molecule has 0 aliphatic carbocycles. The van der Waals surface area contributed by atoms with Crippen LogP contribution in [0.25, 0.3) is 0 Å². The molecule has 0 amide bonds. The average molecular weight is 277 g/mol. The van der Waals surface area contributed by atoms with Crippen LogP contribution < -0.4 is 4.72 Å². The second-order valence-corrected chi connectivity index (χ2v) is 6.97. The molecule has 1 N–H and O–H groups in total. The molecule has 6 heteroatoms. The lowest BCUT2D eigenvalue weighted by atomic mass is 9.89. The van der Waals surface area contributed by atoms with Gasteiger partial charge in [0.2, 0.25) is 10.0 Å². The molecule has 1 atom stereocenters. The zero-order chi connectivity index (χ0) is 14.1. The molecule has 18 heavy (non-hydrogen) atoms. The highest BCUT2D eigenvalue weighted by Crippen LogP contribution is 2.22. The average Bonchev–Trinajstić information content (AvgIpc) is 2.14. The van der Waals surface area contributed by atoms with Crippen molar-refractivity contribution in [2.45, 2.75) is 38.6 Å². The molecule has 102 valence electrons. The fourth-order valence-corrected chi connectivity index (χ4v) is 2.67. The maximum atomic E-state index is 13.4. The SMILES string of the molecule is CC(NS(=O)(=O)c1ccc(F)cc1F)C(C)(C)C. The Balaban J connectivity index is 3.08. The molecule has 1 rings (SSSR count). The van der Waals surface area contributed by atoms with Gasteiger partial charge in [0.05, 0.1) is 0 Å². The Hall–Kier alpha value is -1.01. The van der Waals surface area contributed by atoms with Crippen LogP contribution in [0.2, 0.25) is 0 Å². The summed E-state index contributed by atoms with van der Waals surface area (Å²) in [7, 11) is -3.98. The second kappa shape index (κ2) is 4.93. The molecule has 0 bridgehead atoms. The minimum Gasteiger partial charge on any atom is -0.208 e. The molecule has 0 fully saturated rings. The van der Waals surface area contributed by atoms with E-state index in [4.69, 9.17) is 0 Å². The van der Waals surface area contributed by atoms with Crippen LogP contribution in [0.15, 0.2) is 23.1 Å². The van der Waals surface area contributed by atoms with E-state index in [-0.39, 0.29) is 11.5 Å². The molecule has 0 heterocycles. The highest BCUT2D eigenvalue weighted by Gasteiger charge is 2.27. The lowest BCUT2D eigenvalue weighted by molar-refractivity contribution is 0.317. The first kappa shape index (κ1) is 15.0. The Morgan fingerprint density at radius 1 is 1.22 bits per heavy atom. The van der Waals surface area contributed by atoms with Crippen LogP contribution in [0.1, 0.15) is 27.7 Å². The minimum absolute atomic E-state index is 0.302. The molecule has 0 aromatic heterocycles. The Morgan fingerprint density at radius 2 is 1.78 bits per heavy atom. The summed E-state index contributed by atoms with van der Waals surface area (Å²) in [4.78, 5) is -0.542. The number of halogens is 2. The third-order valence-electron chi connectivity index (χ3n) is 2.81. The van der Waals surface area contributed by atoms with Crippen LogP contribution >= 0.6 is 0 Å². The first-order chi connectivity index (χ1) is 8.04. The van der Waals surface area contributed by atoms with Gasteiger partial charge in [-0.3, -0.25) is 0 Å². The Labute approximate surface area is 106 Å². The van der Waals surface area contributed by atoms with Crippen LogP contribution in [-0.2, 0) is 10.0 Å². The van der Waals surface area contributed by atoms with Gasteiger partial charge in [-0.15, -0.1) is 0 Å². The molecule has 0 saturated carbocycles. The van der Waals surface area contributed by atoms with E-state index < -0.39 is 26.6 Å². The summed E-state index contributed by atoms with van der Waals surface area (Å²) in [6, 6.07) is 2.00. The molecule has 1 aromatic carbocycles. The lowest BCUT2D eigenvalue weighted by Gasteiger charge is -2.27. The maximum absolute atomic E-state index is 13.4. The van der Waals surface area contributed by atoms with Crippen molar-refractivity contribution < 1.29 is 17.2 Å².